The van der Waals surface area contributed by atoms with Crippen molar-refractivity contribution in [1.82, 2.24) is 0 Å². The van der Waals surface area contributed by atoms with E-state index in [0.29, 0.717) is 35.8 Å². The maximum Gasteiger partial charge on any atom is 0.163 e. The minimum Gasteiger partial charge on any atom is -0.492 e. The Balaban J connectivity index is 2.94. The average molecular weight is 257 g/mol. The van der Waals surface area contributed by atoms with Crippen molar-refractivity contribution in [1.29, 1.82) is 0 Å². The highest BCUT2D eigenvalue weighted by Gasteiger charge is 2.12. The Bertz CT molecular complexity index is 402. The van der Waals surface area contributed by atoms with E-state index in [1.807, 2.05) is 13.8 Å². The van der Waals surface area contributed by atoms with Crippen molar-refractivity contribution in [3.05, 3.63) is 28.3 Å². The van der Waals surface area contributed by atoms with Gasteiger partial charge in [-0.15, -0.1) is 0 Å². The molecule has 3 nitrogen and oxygen atoms in total. The molecular weight excluding hydrogens is 240 g/mol. The number of aryl methyl sites for hydroxylation is 1. The van der Waals surface area contributed by atoms with Crippen molar-refractivity contribution < 1.29 is 14.6 Å². The normalized spacial score (nSPS) is 10.4. The molecule has 4 heteroatoms. The van der Waals surface area contributed by atoms with Crippen molar-refractivity contribution in [2.45, 2.75) is 26.7 Å². The number of carbonyl (C=O) groups excluding carboxylic acids is 1. The van der Waals surface area contributed by atoms with Crippen molar-refractivity contribution in [2.24, 2.45) is 0 Å². The van der Waals surface area contributed by atoms with Crippen LogP contribution in [0.2, 0.25) is 5.02 Å². The Kier molecular flexibility index (Phi) is 5.45. The Morgan fingerprint density at radius 1 is 1.47 bits per heavy atom. The summed E-state index contributed by atoms with van der Waals surface area (Å²) in [6.45, 7) is 4.30. The molecule has 1 aromatic carbocycles. The monoisotopic (exact) mass is 256 g/mol. The number of aliphatic hydroxyl groups is 1. The summed E-state index contributed by atoms with van der Waals surface area (Å²) in [4.78, 5) is 11.8. The van der Waals surface area contributed by atoms with Gasteiger partial charge >= 0.3 is 0 Å². The second-order valence-corrected chi connectivity index (χ2v) is 4.19. The van der Waals surface area contributed by atoms with Gasteiger partial charge in [-0.2, -0.15) is 0 Å². The third-order valence-electron chi connectivity index (χ3n) is 2.44. The van der Waals surface area contributed by atoms with Crippen LogP contribution in [0.3, 0.4) is 0 Å². The summed E-state index contributed by atoms with van der Waals surface area (Å²) in [5, 5.41) is 9.15. The predicted octanol–water partition coefficient (Wildman–Crippen LogP) is 3.00. The SMILES string of the molecule is CCOc1cc(C)c(C(=O)CCCO)cc1Cl. The van der Waals surface area contributed by atoms with Gasteiger partial charge in [0.05, 0.1) is 11.6 Å². The molecule has 1 N–H and O–H groups in total. The average Bonchev–Trinajstić information content (AvgIpc) is 2.30. The quantitative estimate of drug-likeness (QED) is 0.796. The van der Waals surface area contributed by atoms with Gasteiger partial charge in [-0.25, -0.2) is 0 Å². The minimum atomic E-state index is 0.00139. The lowest BCUT2D eigenvalue weighted by atomic mass is 10.0. The van der Waals surface area contributed by atoms with Gasteiger partial charge in [0.1, 0.15) is 5.75 Å². The Morgan fingerprint density at radius 3 is 2.76 bits per heavy atom. The highest BCUT2D eigenvalue weighted by Crippen LogP contribution is 2.28. The largest absolute Gasteiger partial charge is 0.492 e. The molecule has 94 valence electrons. The molecule has 0 aromatic heterocycles. The summed E-state index contributed by atoms with van der Waals surface area (Å²) in [6, 6.07) is 3.42. The van der Waals surface area contributed by atoms with E-state index in [1.54, 1.807) is 12.1 Å². The Hall–Kier alpha value is -1.06. The van der Waals surface area contributed by atoms with E-state index >= 15 is 0 Å². The van der Waals surface area contributed by atoms with Crippen LogP contribution in [0.5, 0.6) is 5.75 Å². The number of halogens is 1. The summed E-state index contributed by atoms with van der Waals surface area (Å²) in [5.41, 5.74) is 1.45. The fourth-order valence-corrected chi connectivity index (χ4v) is 1.81. The van der Waals surface area contributed by atoms with E-state index in [-0.39, 0.29) is 12.4 Å². The number of ketones is 1. The van der Waals surface area contributed by atoms with Crippen LogP contribution in [0.15, 0.2) is 12.1 Å². The fourth-order valence-electron chi connectivity index (χ4n) is 1.60. The third kappa shape index (κ3) is 3.72. The van der Waals surface area contributed by atoms with Crippen LogP contribution in [0.25, 0.3) is 0 Å². The van der Waals surface area contributed by atoms with Gasteiger partial charge in [0, 0.05) is 18.6 Å². The molecule has 0 saturated carbocycles. The van der Waals surface area contributed by atoms with E-state index in [0.717, 1.165) is 5.56 Å². The highest BCUT2D eigenvalue weighted by molar-refractivity contribution is 6.32. The molecule has 0 aliphatic rings. The lowest BCUT2D eigenvalue weighted by Gasteiger charge is -2.10. The van der Waals surface area contributed by atoms with Crippen molar-refractivity contribution in [2.75, 3.05) is 13.2 Å². The first-order valence-electron chi connectivity index (χ1n) is 5.67. The predicted molar refractivity (Wildman–Crippen MR) is 68.0 cm³/mol. The van der Waals surface area contributed by atoms with Gasteiger partial charge in [-0.05, 0) is 38.0 Å². The van der Waals surface area contributed by atoms with Crippen LogP contribution < -0.4 is 4.74 Å². The number of ether oxygens (including phenoxy) is 1. The van der Waals surface area contributed by atoms with Gasteiger partial charge in [-0.1, -0.05) is 11.6 Å². The minimum absolute atomic E-state index is 0.00139. The van der Waals surface area contributed by atoms with Crippen molar-refractivity contribution >= 4 is 17.4 Å². The van der Waals surface area contributed by atoms with E-state index in [9.17, 15) is 4.79 Å². The summed E-state index contributed by atoms with van der Waals surface area (Å²) in [5.74, 6) is 0.604. The van der Waals surface area contributed by atoms with Crippen molar-refractivity contribution in [3.63, 3.8) is 0 Å². The van der Waals surface area contributed by atoms with E-state index in [2.05, 4.69) is 0 Å². The molecule has 1 rings (SSSR count). The number of hydrogen-bond donors (Lipinski definition) is 1. The van der Waals surface area contributed by atoms with E-state index in [4.69, 9.17) is 21.4 Å². The molecule has 0 aliphatic carbocycles. The van der Waals surface area contributed by atoms with Gasteiger partial charge < -0.3 is 9.84 Å². The molecule has 0 radical (unpaired) electrons. The Morgan fingerprint density at radius 2 is 2.18 bits per heavy atom. The molecule has 0 amide bonds. The van der Waals surface area contributed by atoms with Crippen LogP contribution in [-0.4, -0.2) is 24.1 Å². The van der Waals surface area contributed by atoms with Gasteiger partial charge in [0.25, 0.3) is 0 Å². The summed E-state index contributed by atoms with van der Waals surface area (Å²) < 4.78 is 5.35. The van der Waals surface area contributed by atoms with Gasteiger partial charge in [0.15, 0.2) is 5.78 Å². The number of hydrogen-bond acceptors (Lipinski definition) is 3. The molecule has 0 fully saturated rings. The lowest BCUT2D eigenvalue weighted by molar-refractivity contribution is 0.0970. The zero-order valence-corrected chi connectivity index (χ0v) is 10.9. The molecule has 0 saturated heterocycles. The molecular formula is C13H17ClO3. The van der Waals surface area contributed by atoms with Crippen LogP contribution >= 0.6 is 11.6 Å². The highest BCUT2D eigenvalue weighted by atomic mass is 35.5. The number of carbonyl (C=O) groups is 1. The standard InChI is InChI=1S/C13H17ClO3/c1-3-17-13-7-9(2)10(8-11(13)14)12(16)5-4-6-15/h7-8,15H,3-6H2,1-2H3. The second-order valence-electron chi connectivity index (χ2n) is 3.78. The number of rotatable bonds is 6. The smallest absolute Gasteiger partial charge is 0.163 e. The first-order valence-corrected chi connectivity index (χ1v) is 6.05. The molecule has 0 spiro atoms. The zero-order chi connectivity index (χ0) is 12.8. The topological polar surface area (TPSA) is 46.5 Å². The molecule has 0 bridgehead atoms. The maximum atomic E-state index is 11.8. The van der Waals surface area contributed by atoms with Crippen molar-refractivity contribution in [3.8, 4) is 5.75 Å². The summed E-state index contributed by atoms with van der Waals surface area (Å²) in [6.07, 6.45) is 0.810. The molecule has 0 aliphatic heterocycles. The lowest BCUT2D eigenvalue weighted by Crippen LogP contribution is -2.04. The zero-order valence-electron chi connectivity index (χ0n) is 10.1. The molecule has 0 unspecified atom stereocenters. The number of aliphatic hydroxyl groups excluding tert-OH is 1. The van der Waals surface area contributed by atoms with Crippen LogP contribution in [0.1, 0.15) is 35.7 Å². The molecule has 1 aromatic rings. The first kappa shape index (κ1) is 14.0. The Labute approximate surface area is 106 Å². The van der Waals surface area contributed by atoms with Gasteiger partial charge in [-0.3, -0.25) is 4.79 Å². The van der Waals surface area contributed by atoms with Gasteiger partial charge in [0.2, 0.25) is 0 Å². The number of benzene rings is 1. The third-order valence-corrected chi connectivity index (χ3v) is 2.74. The molecule has 0 heterocycles. The van der Waals surface area contributed by atoms with Crippen LogP contribution in [-0.2, 0) is 0 Å². The maximum absolute atomic E-state index is 11.8. The molecule has 0 atom stereocenters. The number of Topliss-reactive ketones (excluding diaryl/α,β-unsaturated/α-hetero) is 1. The van der Waals surface area contributed by atoms with Crippen LogP contribution in [0, 0.1) is 6.92 Å². The summed E-state index contributed by atoms with van der Waals surface area (Å²) in [7, 11) is 0. The van der Waals surface area contributed by atoms with E-state index in [1.165, 1.54) is 0 Å². The second kappa shape index (κ2) is 6.62. The fraction of sp³-hybridized carbons (Fsp3) is 0.462. The summed E-state index contributed by atoms with van der Waals surface area (Å²) >= 11 is 6.03. The molecule has 17 heavy (non-hydrogen) atoms. The van der Waals surface area contributed by atoms with E-state index < -0.39 is 0 Å². The van der Waals surface area contributed by atoms with Crippen LogP contribution in [0.4, 0.5) is 0 Å². The first-order chi connectivity index (χ1) is 8.10.